The van der Waals surface area contributed by atoms with E-state index in [9.17, 15) is 9.18 Å². The van der Waals surface area contributed by atoms with Gasteiger partial charge in [0.25, 0.3) is 0 Å². The molecule has 0 spiro atoms. The van der Waals surface area contributed by atoms with Crippen LogP contribution in [0.15, 0.2) is 24.3 Å². The molecule has 0 heterocycles. The number of hydrogen-bond acceptors (Lipinski definition) is 1. The molecule has 15 heavy (non-hydrogen) atoms. The zero-order valence-corrected chi connectivity index (χ0v) is 9.09. The van der Waals surface area contributed by atoms with Crippen LogP contribution in [0.25, 0.3) is 0 Å². The quantitative estimate of drug-likeness (QED) is 0.809. The predicted octanol–water partition coefficient (Wildman–Crippen LogP) is 2.28. The van der Waals surface area contributed by atoms with Crippen LogP contribution in [0.5, 0.6) is 0 Å². The summed E-state index contributed by atoms with van der Waals surface area (Å²) in [7, 11) is 0. The Balaban J connectivity index is 2.58. The van der Waals surface area contributed by atoms with E-state index >= 15 is 0 Å². The minimum absolute atomic E-state index is 0.0241. The molecule has 3 heteroatoms. The molecule has 0 aromatic heterocycles. The van der Waals surface area contributed by atoms with Gasteiger partial charge >= 0.3 is 0 Å². The van der Waals surface area contributed by atoms with E-state index in [-0.39, 0.29) is 17.8 Å². The fourth-order valence-corrected chi connectivity index (χ4v) is 1.49. The Labute approximate surface area is 89.5 Å². The molecule has 2 nitrogen and oxygen atoms in total. The minimum Gasteiger partial charge on any atom is -0.353 e. The van der Waals surface area contributed by atoms with Crippen molar-refractivity contribution in [3.63, 3.8) is 0 Å². The smallest absolute Gasteiger partial charge is 0.217 e. The summed E-state index contributed by atoms with van der Waals surface area (Å²) in [6.45, 7) is 3.53. The lowest BCUT2D eigenvalue weighted by molar-refractivity contribution is -0.119. The molecule has 0 saturated heterocycles. The summed E-state index contributed by atoms with van der Waals surface area (Å²) in [6.07, 6.45) is 1.62. The van der Waals surface area contributed by atoms with Crippen molar-refractivity contribution in [3.8, 4) is 0 Å². The molecule has 82 valence electrons. The van der Waals surface area contributed by atoms with Gasteiger partial charge in [0.05, 0.1) is 0 Å². The third-order valence-corrected chi connectivity index (χ3v) is 2.30. The van der Waals surface area contributed by atoms with Crippen LogP contribution >= 0.6 is 0 Å². The molecular weight excluding hydrogens is 193 g/mol. The van der Waals surface area contributed by atoms with Crippen molar-refractivity contribution in [2.45, 2.75) is 32.7 Å². The summed E-state index contributed by atoms with van der Waals surface area (Å²) in [5, 5.41) is 2.86. The second kappa shape index (κ2) is 5.49. The number of halogens is 1. The van der Waals surface area contributed by atoms with E-state index in [2.05, 4.69) is 5.32 Å². The zero-order chi connectivity index (χ0) is 11.3. The van der Waals surface area contributed by atoms with Crippen molar-refractivity contribution in [1.29, 1.82) is 0 Å². The first-order valence-corrected chi connectivity index (χ1v) is 5.13. The largest absolute Gasteiger partial charge is 0.353 e. The molecule has 0 saturated carbocycles. The molecule has 1 amide bonds. The SMILES string of the molecule is CCC(Cc1ccc(F)cc1)NC(C)=O. The highest BCUT2D eigenvalue weighted by molar-refractivity contribution is 5.73. The van der Waals surface area contributed by atoms with Crippen molar-refractivity contribution in [2.24, 2.45) is 0 Å². The van der Waals surface area contributed by atoms with E-state index in [4.69, 9.17) is 0 Å². The second-order valence-electron chi connectivity index (χ2n) is 3.64. The average molecular weight is 209 g/mol. The summed E-state index contributed by atoms with van der Waals surface area (Å²) in [6, 6.07) is 6.51. The van der Waals surface area contributed by atoms with Gasteiger partial charge in [0.15, 0.2) is 0 Å². The number of hydrogen-bond donors (Lipinski definition) is 1. The van der Waals surface area contributed by atoms with E-state index in [0.717, 1.165) is 18.4 Å². The second-order valence-corrected chi connectivity index (χ2v) is 3.64. The van der Waals surface area contributed by atoms with Crippen LogP contribution in [0.1, 0.15) is 25.8 Å². The summed E-state index contributed by atoms with van der Waals surface area (Å²) >= 11 is 0. The Morgan fingerprint density at radius 3 is 2.47 bits per heavy atom. The molecule has 1 rings (SSSR count). The Morgan fingerprint density at radius 1 is 1.40 bits per heavy atom. The van der Waals surface area contributed by atoms with Crippen molar-refractivity contribution >= 4 is 5.91 Å². The van der Waals surface area contributed by atoms with Gasteiger partial charge in [0.2, 0.25) is 5.91 Å². The monoisotopic (exact) mass is 209 g/mol. The van der Waals surface area contributed by atoms with Crippen LogP contribution in [0, 0.1) is 5.82 Å². The summed E-state index contributed by atoms with van der Waals surface area (Å²) < 4.78 is 12.6. The first-order valence-electron chi connectivity index (χ1n) is 5.13. The summed E-state index contributed by atoms with van der Waals surface area (Å²) in [4.78, 5) is 10.9. The van der Waals surface area contributed by atoms with Gasteiger partial charge in [-0.25, -0.2) is 4.39 Å². The average Bonchev–Trinajstić information content (AvgIpc) is 2.19. The van der Waals surface area contributed by atoms with Crippen molar-refractivity contribution in [2.75, 3.05) is 0 Å². The van der Waals surface area contributed by atoms with Gasteiger partial charge in [0.1, 0.15) is 5.82 Å². The normalized spacial score (nSPS) is 12.2. The Kier molecular flexibility index (Phi) is 4.28. The van der Waals surface area contributed by atoms with Gasteiger partial charge in [-0.3, -0.25) is 4.79 Å². The van der Waals surface area contributed by atoms with Crippen LogP contribution in [0.4, 0.5) is 4.39 Å². The number of nitrogens with one attached hydrogen (secondary N) is 1. The molecule has 0 aliphatic heterocycles. The first-order chi connectivity index (χ1) is 7.11. The lowest BCUT2D eigenvalue weighted by atomic mass is 10.0. The number of rotatable bonds is 4. The maximum Gasteiger partial charge on any atom is 0.217 e. The standard InChI is InChI=1S/C12H16FNO/c1-3-12(14-9(2)15)8-10-4-6-11(13)7-5-10/h4-7,12H,3,8H2,1-2H3,(H,14,15). The molecule has 1 unspecified atom stereocenters. The molecule has 0 radical (unpaired) electrons. The molecule has 0 bridgehead atoms. The van der Waals surface area contributed by atoms with Crippen LogP contribution < -0.4 is 5.32 Å². The number of amides is 1. The molecule has 0 aliphatic carbocycles. The molecule has 1 aromatic rings. The van der Waals surface area contributed by atoms with Crippen molar-refractivity contribution in [1.82, 2.24) is 5.32 Å². The van der Waals surface area contributed by atoms with E-state index in [1.54, 1.807) is 12.1 Å². The van der Waals surface area contributed by atoms with Gasteiger partial charge in [0, 0.05) is 13.0 Å². The predicted molar refractivity (Wildman–Crippen MR) is 58.0 cm³/mol. The lowest BCUT2D eigenvalue weighted by Crippen LogP contribution is -2.34. The third kappa shape index (κ3) is 4.11. The fraction of sp³-hybridized carbons (Fsp3) is 0.417. The van der Waals surface area contributed by atoms with Gasteiger partial charge in [-0.2, -0.15) is 0 Å². The van der Waals surface area contributed by atoms with Gasteiger partial charge in [-0.1, -0.05) is 19.1 Å². The Hall–Kier alpha value is -1.38. The van der Waals surface area contributed by atoms with Gasteiger partial charge < -0.3 is 5.32 Å². The molecular formula is C12H16FNO. The minimum atomic E-state index is -0.230. The van der Waals surface area contributed by atoms with Crippen LogP contribution in [0.3, 0.4) is 0 Å². The van der Waals surface area contributed by atoms with Gasteiger partial charge in [-0.15, -0.1) is 0 Å². The van der Waals surface area contributed by atoms with Gasteiger partial charge in [-0.05, 0) is 30.5 Å². The Bertz CT molecular complexity index is 321. The van der Waals surface area contributed by atoms with Crippen molar-refractivity contribution in [3.05, 3.63) is 35.6 Å². The molecule has 1 N–H and O–H groups in total. The third-order valence-electron chi connectivity index (χ3n) is 2.30. The topological polar surface area (TPSA) is 29.1 Å². The zero-order valence-electron chi connectivity index (χ0n) is 9.09. The molecule has 1 atom stereocenters. The fourth-order valence-electron chi connectivity index (χ4n) is 1.49. The maximum absolute atomic E-state index is 12.6. The van der Waals surface area contributed by atoms with Crippen molar-refractivity contribution < 1.29 is 9.18 Å². The number of carbonyl (C=O) groups is 1. The van der Waals surface area contributed by atoms with Crippen LogP contribution in [0.2, 0.25) is 0 Å². The highest BCUT2D eigenvalue weighted by atomic mass is 19.1. The Morgan fingerprint density at radius 2 is 2.00 bits per heavy atom. The first kappa shape index (κ1) is 11.7. The van der Waals surface area contributed by atoms with E-state index in [0.29, 0.717) is 0 Å². The van der Waals surface area contributed by atoms with E-state index < -0.39 is 0 Å². The van der Waals surface area contributed by atoms with Crippen LogP contribution in [-0.2, 0) is 11.2 Å². The molecule has 1 aromatic carbocycles. The van der Waals surface area contributed by atoms with Crippen LogP contribution in [-0.4, -0.2) is 11.9 Å². The molecule has 0 aliphatic rings. The summed E-state index contributed by atoms with van der Waals surface area (Å²) in [5.74, 6) is -0.254. The van der Waals surface area contributed by atoms with E-state index in [1.165, 1.54) is 19.1 Å². The molecule has 0 fully saturated rings. The van der Waals surface area contributed by atoms with E-state index in [1.807, 2.05) is 6.92 Å². The maximum atomic E-state index is 12.6. The lowest BCUT2D eigenvalue weighted by Gasteiger charge is -2.15. The number of carbonyl (C=O) groups excluding carboxylic acids is 1. The highest BCUT2D eigenvalue weighted by Gasteiger charge is 2.08. The number of benzene rings is 1. The summed E-state index contributed by atoms with van der Waals surface area (Å²) in [5.41, 5.74) is 1.04. The highest BCUT2D eigenvalue weighted by Crippen LogP contribution is 2.07.